The van der Waals surface area contributed by atoms with E-state index in [0.29, 0.717) is 0 Å². The quantitative estimate of drug-likeness (QED) is 0.759. The molecule has 2 heterocycles. The van der Waals surface area contributed by atoms with E-state index in [1.807, 2.05) is 0 Å². The van der Waals surface area contributed by atoms with Gasteiger partial charge < -0.3 is 4.90 Å². The molecule has 1 fully saturated rings. The number of pyridine rings is 1. The van der Waals surface area contributed by atoms with Gasteiger partial charge in [0.05, 0.1) is 23.2 Å². The Morgan fingerprint density at radius 2 is 2.15 bits per heavy atom. The van der Waals surface area contributed by atoms with Gasteiger partial charge in [-0.3, -0.25) is 4.98 Å². The molecule has 1 aliphatic heterocycles. The molecule has 0 aliphatic carbocycles. The molecule has 5 heteroatoms. The molecule has 1 aliphatic rings. The molecule has 13 heavy (non-hydrogen) atoms. The summed E-state index contributed by atoms with van der Waals surface area (Å²) in [6.45, 7) is -0.398. The second-order valence-electron chi connectivity index (χ2n) is 3.04. The zero-order valence-electron chi connectivity index (χ0n) is 6.67. The van der Waals surface area contributed by atoms with Crippen LogP contribution < -0.4 is 4.90 Å². The van der Waals surface area contributed by atoms with E-state index in [9.17, 15) is 8.78 Å². The number of nitrogens with zero attached hydrogens (tertiary/aromatic N) is 2. The molecule has 70 valence electrons. The maximum atomic E-state index is 12.5. The van der Waals surface area contributed by atoms with Crippen molar-refractivity contribution in [2.75, 3.05) is 18.0 Å². The smallest absolute Gasteiger partial charge is 0.282 e. The monoisotopic (exact) mass is 248 g/mol. The van der Waals surface area contributed by atoms with Crippen LogP contribution in [0.5, 0.6) is 0 Å². The molecule has 2 nitrogen and oxygen atoms in total. The van der Waals surface area contributed by atoms with Crippen LogP contribution in [0, 0.1) is 0 Å². The Balaban J connectivity index is 2.16. The average Bonchev–Trinajstić information content (AvgIpc) is 2.01. The van der Waals surface area contributed by atoms with Crippen molar-refractivity contribution in [3.63, 3.8) is 0 Å². The van der Waals surface area contributed by atoms with Crippen LogP contribution in [0.4, 0.5) is 14.5 Å². The summed E-state index contributed by atoms with van der Waals surface area (Å²) in [7, 11) is 0. The van der Waals surface area contributed by atoms with Gasteiger partial charge in [0.15, 0.2) is 0 Å². The van der Waals surface area contributed by atoms with E-state index in [4.69, 9.17) is 0 Å². The number of alkyl halides is 2. The van der Waals surface area contributed by atoms with Crippen molar-refractivity contribution >= 4 is 21.6 Å². The first kappa shape index (κ1) is 8.87. The third kappa shape index (κ3) is 1.65. The molecule has 0 N–H and O–H groups in total. The molecule has 0 saturated carbocycles. The van der Waals surface area contributed by atoms with Crippen molar-refractivity contribution in [2.45, 2.75) is 5.92 Å². The van der Waals surface area contributed by atoms with Crippen LogP contribution in [-0.2, 0) is 0 Å². The Kier molecular flexibility index (Phi) is 1.98. The van der Waals surface area contributed by atoms with Crippen molar-refractivity contribution in [1.29, 1.82) is 0 Å². The van der Waals surface area contributed by atoms with Crippen LogP contribution in [0.25, 0.3) is 0 Å². The molecule has 1 aromatic heterocycles. The minimum Gasteiger partial charge on any atom is -0.358 e. The molecular formula is C8H7BrF2N2. The number of hydrogen-bond acceptors (Lipinski definition) is 2. The third-order valence-electron chi connectivity index (χ3n) is 1.94. The van der Waals surface area contributed by atoms with E-state index in [1.165, 1.54) is 0 Å². The molecule has 0 unspecified atom stereocenters. The molecule has 0 aromatic carbocycles. The fraction of sp³-hybridized carbons (Fsp3) is 0.375. The fourth-order valence-electron chi connectivity index (χ4n) is 1.31. The van der Waals surface area contributed by atoms with Gasteiger partial charge in [0, 0.05) is 12.4 Å². The van der Waals surface area contributed by atoms with Gasteiger partial charge in [-0.15, -0.1) is 0 Å². The summed E-state index contributed by atoms with van der Waals surface area (Å²) in [5.74, 6) is -2.53. The van der Waals surface area contributed by atoms with Gasteiger partial charge in [0.25, 0.3) is 5.92 Å². The van der Waals surface area contributed by atoms with Crippen LogP contribution in [0.3, 0.4) is 0 Å². The van der Waals surface area contributed by atoms with Crippen molar-refractivity contribution in [2.24, 2.45) is 0 Å². The van der Waals surface area contributed by atoms with Crippen molar-refractivity contribution in [3.05, 3.63) is 22.9 Å². The zero-order valence-corrected chi connectivity index (χ0v) is 8.26. The highest BCUT2D eigenvalue weighted by Crippen LogP contribution is 2.35. The minimum absolute atomic E-state index is 0.199. The van der Waals surface area contributed by atoms with Gasteiger partial charge in [0.1, 0.15) is 0 Å². The summed E-state index contributed by atoms with van der Waals surface area (Å²) in [4.78, 5) is 5.48. The van der Waals surface area contributed by atoms with Crippen molar-refractivity contribution in [1.82, 2.24) is 4.98 Å². The minimum atomic E-state index is -2.53. The highest BCUT2D eigenvalue weighted by Gasteiger charge is 2.44. The standard InChI is InChI=1S/C8H7BrF2N2/c9-6-3-12-2-1-7(6)13-4-8(10,11)5-13/h1-3H,4-5H2. The lowest BCUT2D eigenvalue weighted by Crippen LogP contribution is -2.56. The van der Waals surface area contributed by atoms with Gasteiger partial charge in [-0.05, 0) is 22.0 Å². The Morgan fingerprint density at radius 1 is 1.46 bits per heavy atom. The number of halogens is 3. The second kappa shape index (κ2) is 2.90. The molecule has 2 rings (SSSR count). The predicted octanol–water partition coefficient (Wildman–Crippen LogP) is 2.30. The molecule has 0 radical (unpaired) electrons. The maximum absolute atomic E-state index is 12.5. The fourth-order valence-corrected chi connectivity index (χ4v) is 1.81. The van der Waals surface area contributed by atoms with Crippen LogP contribution in [0.1, 0.15) is 0 Å². The average molecular weight is 249 g/mol. The van der Waals surface area contributed by atoms with Crippen LogP contribution in [0.2, 0.25) is 0 Å². The molecule has 0 amide bonds. The van der Waals surface area contributed by atoms with Gasteiger partial charge in [0.2, 0.25) is 0 Å². The Bertz CT molecular complexity index is 322. The number of aromatic nitrogens is 1. The highest BCUT2D eigenvalue weighted by atomic mass is 79.9. The van der Waals surface area contributed by atoms with Crippen molar-refractivity contribution in [3.8, 4) is 0 Å². The summed E-state index contributed by atoms with van der Waals surface area (Å²) >= 11 is 3.26. The maximum Gasteiger partial charge on any atom is 0.282 e. The van der Waals surface area contributed by atoms with Gasteiger partial charge in [-0.2, -0.15) is 0 Å². The van der Waals surface area contributed by atoms with E-state index in [1.54, 1.807) is 23.4 Å². The Labute approximate surface area is 82.7 Å². The molecule has 0 atom stereocenters. The van der Waals surface area contributed by atoms with Gasteiger partial charge in [-0.1, -0.05) is 0 Å². The van der Waals surface area contributed by atoms with Crippen LogP contribution >= 0.6 is 15.9 Å². The predicted molar refractivity (Wildman–Crippen MR) is 49.1 cm³/mol. The van der Waals surface area contributed by atoms with E-state index < -0.39 is 5.92 Å². The van der Waals surface area contributed by atoms with E-state index in [0.717, 1.165) is 10.2 Å². The summed E-state index contributed by atoms with van der Waals surface area (Å²) in [6, 6.07) is 1.72. The second-order valence-corrected chi connectivity index (χ2v) is 3.89. The first-order valence-corrected chi connectivity index (χ1v) is 4.60. The molecule has 0 bridgehead atoms. The van der Waals surface area contributed by atoms with Crippen LogP contribution in [-0.4, -0.2) is 24.0 Å². The van der Waals surface area contributed by atoms with E-state index >= 15 is 0 Å². The largest absolute Gasteiger partial charge is 0.358 e. The zero-order chi connectivity index (χ0) is 9.47. The van der Waals surface area contributed by atoms with Gasteiger partial charge >= 0.3 is 0 Å². The lowest BCUT2D eigenvalue weighted by Gasteiger charge is -2.40. The molecule has 1 saturated heterocycles. The topological polar surface area (TPSA) is 16.1 Å². The SMILES string of the molecule is FC1(F)CN(c2ccncc2Br)C1. The summed E-state index contributed by atoms with van der Waals surface area (Å²) < 4.78 is 25.8. The Morgan fingerprint density at radius 3 is 2.69 bits per heavy atom. The van der Waals surface area contributed by atoms with Crippen LogP contribution in [0.15, 0.2) is 22.9 Å². The first-order valence-electron chi connectivity index (χ1n) is 3.81. The van der Waals surface area contributed by atoms with Crippen molar-refractivity contribution < 1.29 is 8.78 Å². The summed E-state index contributed by atoms with van der Waals surface area (Å²) in [5.41, 5.74) is 0.779. The Hall–Kier alpha value is -0.710. The molecular weight excluding hydrogens is 242 g/mol. The normalized spacial score (nSPS) is 19.8. The summed E-state index contributed by atoms with van der Waals surface area (Å²) in [6.07, 6.45) is 3.20. The third-order valence-corrected chi connectivity index (χ3v) is 2.55. The molecule has 1 aromatic rings. The lowest BCUT2D eigenvalue weighted by atomic mass is 10.1. The summed E-state index contributed by atoms with van der Waals surface area (Å²) in [5, 5.41) is 0. The lowest BCUT2D eigenvalue weighted by molar-refractivity contribution is -0.0263. The number of rotatable bonds is 1. The number of anilines is 1. The first-order chi connectivity index (χ1) is 6.08. The van der Waals surface area contributed by atoms with E-state index in [-0.39, 0.29) is 13.1 Å². The van der Waals surface area contributed by atoms with E-state index in [2.05, 4.69) is 20.9 Å². The highest BCUT2D eigenvalue weighted by molar-refractivity contribution is 9.10. The molecule has 0 spiro atoms. The number of hydrogen-bond donors (Lipinski definition) is 0. The van der Waals surface area contributed by atoms with Gasteiger partial charge in [-0.25, -0.2) is 8.78 Å².